The molecule has 3 aromatic carbocycles. The summed E-state index contributed by atoms with van der Waals surface area (Å²) in [6.45, 7) is -1.20. The molecule has 1 aromatic heterocycles. The van der Waals surface area contributed by atoms with E-state index in [0.717, 1.165) is 16.0 Å². The monoisotopic (exact) mass is 536 g/mol. The number of halogens is 3. The van der Waals surface area contributed by atoms with Gasteiger partial charge in [-0.1, -0.05) is 35.5 Å². The number of aromatic nitrogens is 3. The number of anilines is 1. The van der Waals surface area contributed by atoms with Gasteiger partial charge < -0.3 is 19.1 Å². The second-order valence-corrected chi connectivity index (χ2v) is 9.29. The van der Waals surface area contributed by atoms with Crippen LogP contribution >= 0.6 is 0 Å². The summed E-state index contributed by atoms with van der Waals surface area (Å²) in [5.74, 6) is 1.23. The van der Waals surface area contributed by atoms with E-state index in [1.54, 1.807) is 43.6 Å². The van der Waals surface area contributed by atoms with Crippen molar-refractivity contribution in [1.29, 1.82) is 0 Å². The minimum absolute atomic E-state index is 0.175. The summed E-state index contributed by atoms with van der Waals surface area (Å²) in [6, 6.07) is 16.9. The lowest BCUT2D eigenvalue weighted by molar-refractivity contribution is -0.134. The number of fused-ring (bicyclic) bond motifs is 2. The highest BCUT2D eigenvalue weighted by Crippen LogP contribution is 2.40. The third kappa shape index (κ3) is 4.75. The first-order chi connectivity index (χ1) is 18.8. The molecule has 1 atom stereocenters. The molecule has 6 rings (SSSR count). The van der Waals surface area contributed by atoms with Crippen LogP contribution in [-0.2, 0) is 11.2 Å². The van der Waals surface area contributed by atoms with Crippen LogP contribution in [0.15, 0.2) is 66.9 Å². The molecule has 1 amide bonds. The summed E-state index contributed by atoms with van der Waals surface area (Å²) in [7, 11) is 1.56. The van der Waals surface area contributed by atoms with Crippen molar-refractivity contribution < 1.29 is 32.2 Å². The molecule has 0 bridgehead atoms. The molecule has 0 saturated heterocycles. The molecule has 0 fully saturated rings. The number of hydrogen-bond acceptors (Lipinski definition) is 6. The number of para-hydroxylation sites is 1. The number of carbonyl (C=O) groups excluding carboxylic acids is 1. The third-order valence-electron chi connectivity index (χ3n) is 6.87. The SMILES string of the molecule is COc1cc(-c2cn(C3CCc4ccccc4N(CC(F)(F)F)C3=O)nn2)ccc1-c1ccc2c(c1)OCO2. The number of ether oxygens (including phenoxy) is 3. The fraction of sp³-hybridized carbons (Fsp3) is 0.250. The molecule has 0 radical (unpaired) electrons. The van der Waals surface area contributed by atoms with Crippen LogP contribution in [0.4, 0.5) is 18.9 Å². The molecule has 2 aliphatic heterocycles. The molecule has 1 unspecified atom stereocenters. The Morgan fingerprint density at radius 2 is 1.82 bits per heavy atom. The zero-order valence-corrected chi connectivity index (χ0v) is 20.8. The smallest absolute Gasteiger partial charge is 0.406 e. The Bertz CT molecular complexity index is 1550. The van der Waals surface area contributed by atoms with Gasteiger partial charge in [0.15, 0.2) is 11.5 Å². The van der Waals surface area contributed by atoms with Gasteiger partial charge in [-0.05, 0) is 54.3 Å². The molecular weight excluding hydrogens is 513 g/mol. The average molecular weight is 537 g/mol. The summed E-state index contributed by atoms with van der Waals surface area (Å²) in [4.78, 5) is 14.2. The fourth-order valence-electron chi connectivity index (χ4n) is 5.00. The van der Waals surface area contributed by atoms with E-state index < -0.39 is 24.7 Å². The molecular formula is C28H23F3N4O4. The second-order valence-electron chi connectivity index (χ2n) is 9.29. The quantitative estimate of drug-likeness (QED) is 0.339. The number of nitrogens with zero attached hydrogens (tertiary/aromatic N) is 4. The van der Waals surface area contributed by atoms with Gasteiger partial charge in [-0.25, -0.2) is 4.68 Å². The number of carbonyl (C=O) groups is 1. The maximum atomic E-state index is 13.4. The molecule has 11 heteroatoms. The lowest BCUT2D eigenvalue weighted by atomic mass is 10.0. The number of hydrogen-bond donors (Lipinski definition) is 0. The molecule has 2 aliphatic rings. The van der Waals surface area contributed by atoms with E-state index in [9.17, 15) is 18.0 Å². The zero-order valence-electron chi connectivity index (χ0n) is 20.8. The van der Waals surface area contributed by atoms with Crippen LogP contribution in [0.3, 0.4) is 0 Å². The Kier molecular flexibility index (Phi) is 6.13. The van der Waals surface area contributed by atoms with Crippen molar-refractivity contribution >= 4 is 11.6 Å². The van der Waals surface area contributed by atoms with Gasteiger partial charge in [0.2, 0.25) is 6.79 Å². The summed E-state index contributed by atoms with van der Waals surface area (Å²) in [5.41, 5.74) is 3.79. The Balaban J connectivity index is 1.30. The highest BCUT2D eigenvalue weighted by molar-refractivity contribution is 5.97. The third-order valence-corrected chi connectivity index (χ3v) is 6.87. The second kappa shape index (κ2) is 9.64. The van der Waals surface area contributed by atoms with Gasteiger partial charge in [-0.15, -0.1) is 5.10 Å². The van der Waals surface area contributed by atoms with Crippen LogP contribution in [0.5, 0.6) is 17.2 Å². The Morgan fingerprint density at radius 1 is 1.03 bits per heavy atom. The maximum absolute atomic E-state index is 13.4. The maximum Gasteiger partial charge on any atom is 0.406 e. The summed E-state index contributed by atoms with van der Waals surface area (Å²) >= 11 is 0. The van der Waals surface area contributed by atoms with Crippen molar-refractivity contribution in [2.75, 3.05) is 25.3 Å². The van der Waals surface area contributed by atoms with E-state index in [1.807, 2.05) is 30.3 Å². The molecule has 3 heterocycles. The topological polar surface area (TPSA) is 78.7 Å². The number of methoxy groups -OCH3 is 1. The van der Waals surface area contributed by atoms with Gasteiger partial charge in [-0.3, -0.25) is 4.79 Å². The van der Waals surface area contributed by atoms with E-state index in [2.05, 4.69) is 10.3 Å². The Hall–Kier alpha value is -4.54. The van der Waals surface area contributed by atoms with Crippen LogP contribution < -0.4 is 19.1 Å². The predicted molar refractivity (Wildman–Crippen MR) is 136 cm³/mol. The molecule has 0 aliphatic carbocycles. The van der Waals surface area contributed by atoms with E-state index in [-0.39, 0.29) is 12.5 Å². The van der Waals surface area contributed by atoms with Gasteiger partial charge in [-0.2, -0.15) is 13.2 Å². The molecule has 0 saturated carbocycles. The van der Waals surface area contributed by atoms with E-state index in [0.29, 0.717) is 46.9 Å². The van der Waals surface area contributed by atoms with E-state index in [1.165, 1.54) is 4.68 Å². The highest BCUT2D eigenvalue weighted by atomic mass is 19.4. The summed E-state index contributed by atoms with van der Waals surface area (Å²) in [5, 5.41) is 8.37. The van der Waals surface area contributed by atoms with Crippen molar-refractivity contribution in [3.63, 3.8) is 0 Å². The average Bonchev–Trinajstić information content (AvgIpc) is 3.58. The largest absolute Gasteiger partial charge is 0.496 e. The van der Waals surface area contributed by atoms with Gasteiger partial charge >= 0.3 is 6.18 Å². The van der Waals surface area contributed by atoms with Gasteiger partial charge in [0.1, 0.15) is 24.0 Å². The first-order valence-electron chi connectivity index (χ1n) is 12.3. The summed E-state index contributed by atoms with van der Waals surface area (Å²) in [6.07, 6.45) is -2.26. The number of amides is 1. The van der Waals surface area contributed by atoms with Crippen LogP contribution in [0.2, 0.25) is 0 Å². The summed E-state index contributed by atoms with van der Waals surface area (Å²) < 4.78 is 58.2. The molecule has 0 N–H and O–H groups in total. The van der Waals surface area contributed by atoms with Gasteiger partial charge in [0.25, 0.3) is 5.91 Å². The van der Waals surface area contributed by atoms with Crippen molar-refractivity contribution in [3.8, 4) is 39.6 Å². The number of alkyl halides is 3. The van der Waals surface area contributed by atoms with Gasteiger partial charge in [0, 0.05) is 16.8 Å². The lowest BCUT2D eigenvalue weighted by Gasteiger charge is -2.26. The van der Waals surface area contributed by atoms with E-state index >= 15 is 0 Å². The first kappa shape index (κ1) is 24.8. The first-order valence-corrected chi connectivity index (χ1v) is 12.3. The van der Waals surface area contributed by atoms with Crippen LogP contribution in [-0.4, -0.2) is 47.5 Å². The normalized spacial score (nSPS) is 16.7. The molecule has 4 aromatic rings. The zero-order chi connectivity index (χ0) is 27.1. The van der Waals surface area contributed by atoms with Gasteiger partial charge in [0.05, 0.1) is 13.3 Å². The predicted octanol–water partition coefficient (Wildman–Crippen LogP) is 5.43. The number of rotatable bonds is 5. The Labute approximate surface area is 221 Å². The molecule has 0 spiro atoms. The minimum Gasteiger partial charge on any atom is -0.496 e. The lowest BCUT2D eigenvalue weighted by Crippen LogP contribution is -2.42. The van der Waals surface area contributed by atoms with Crippen molar-refractivity contribution in [1.82, 2.24) is 15.0 Å². The molecule has 8 nitrogen and oxygen atoms in total. The van der Waals surface area contributed by atoms with Crippen LogP contribution in [0, 0.1) is 0 Å². The standard InChI is InChI=1S/C28H23F3N4O4/c1-37-25-13-19(6-9-20(25)18-8-11-24-26(12-18)39-16-38-24)21-14-35(33-32-21)23-10-7-17-4-2-3-5-22(17)34(27(23)36)15-28(29,30)31/h2-6,8-9,11-14,23H,7,10,15-16H2,1H3. The Morgan fingerprint density at radius 3 is 2.64 bits per heavy atom. The fourth-order valence-corrected chi connectivity index (χ4v) is 5.00. The van der Waals surface area contributed by atoms with Crippen molar-refractivity contribution in [2.45, 2.75) is 25.1 Å². The molecule has 200 valence electrons. The number of aryl methyl sites for hydroxylation is 1. The molecule has 39 heavy (non-hydrogen) atoms. The van der Waals surface area contributed by atoms with E-state index in [4.69, 9.17) is 14.2 Å². The van der Waals surface area contributed by atoms with Crippen molar-refractivity contribution in [3.05, 3.63) is 72.4 Å². The van der Waals surface area contributed by atoms with Crippen LogP contribution in [0.1, 0.15) is 18.0 Å². The van der Waals surface area contributed by atoms with Crippen molar-refractivity contribution in [2.24, 2.45) is 0 Å². The van der Waals surface area contributed by atoms with Crippen LogP contribution in [0.25, 0.3) is 22.4 Å². The highest BCUT2D eigenvalue weighted by Gasteiger charge is 2.39. The number of benzene rings is 3. The minimum atomic E-state index is -4.55.